The summed E-state index contributed by atoms with van der Waals surface area (Å²) in [5.41, 5.74) is 0.947. The van der Waals surface area contributed by atoms with Gasteiger partial charge in [0.1, 0.15) is 6.04 Å². The highest BCUT2D eigenvalue weighted by Crippen LogP contribution is 2.22. The van der Waals surface area contributed by atoms with Crippen molar-refractivity contribution >= 4 is 16.0 Å². The fourth-order valence-corrected chi connectivity index (χ4v) is 3.29. The van der Waals surface area contributed by atoms with E-state index >= 15 is 0 Å². The first-order valence-electron chi connectivity index (χ1n) is 5.41. The summed E-state index contributed by atoms with van der Waals surface area (Å²) in [4.78, 5) is 11.1. The van der Waals surface area contributed by atoms with E-state index in [0.29, 0.717) is 0 Å². The molecule has 0 amide bonds. The third-order valence-electron chi connectivity index (χ3n) is 2.79. The number of nitrogens with zero attached hydrogens (tertiary/aromatic N) is 1. The van der Waals surface area contributed by atoms with Gasteiger partial charge < -0.3 is 5.11 Å². The molecule has 1 aromatic rings. The first-order chi connectivity index (χ1) is 8.43. The van der Waals surface area contributed by atoms with Crippen LogP contribution in [0.1, 0.15) is 5.56 Å². The van der Waals surface area contributed by atoms with Crippen molar-refractivity contribution in [3.8, 4) is 0 Å². The normalized spacial score (nSPS) is 20.2. The Labute approximate surface area is 105 Å². The lowest BCUT2D eigenvalue weighted by Crippen LogP contribution is -2.40. The number of carboxylic acid groups (broad SMARTS) is 1. The summed E-state index contributed by atoms with van der Waals surface area (Å²) in [6.07, 6.45) is 2.93. The van der Waals surface area contributed by atoms with Gasteiger partial charge >= 0.3 is 5.97 Å². The number of rotatable bonds is 3. The molecule has 0 aliphatic carbocycles. The minimum atomic E-state index is -3.76. The van der Waals surface area contributed by atoms with Gasteiger partial charge in [-0.05, 0) is 19.1 Å². The second kappa shape index (κ2) is 4.55. The maximum absolute atomic E-state index is 12.3. The second-order valence-corrected chi connectivity index (χ2v) is 5.99. The molecule has 0 aromatic heterocycles. The largest absolute Gasteiger partial charge is 0.480 e. The van der Waals surface area contributed by atoms with Gasteiger partial charge in [-0.25, -0.2) is 8.42 Å². The van der Waals surface area contributed by atoms with E-state index in [1.807, 2.05) is 6.92 Å². The third-order valence-corrected chi connectivity index (χ3v) is 4.66. The highest BCUT2D eigenvalue weighted by molar-refractivity contribution is 7.89. The molecule has 1 atom stereocenters. The van der Waals surface area contributed by atoms with Crippen molar-refractivity contribution in [3.05, 3.63) is 42.0 Å². The van der Waals surface area contributed by atoms with Crippen LogP contribution in [0.3, 0.4) is 0 Å². The lowest BCUT2D eigenvalue weighted by atomic mass is 10.2. The van der Waals surface area contributed by atoms with Gasteiger partial charge in [0.2, 0.25) is 10.0 Å². The predicted molar refractivity (Wildman–Crippen MR) is 65.6 cm³/mol. The standard InChI is InChI=1S/C12H13NO4S/c1-9-4-6-10(7-5-9)18(16,17)13-8-2-3-11(13)12(14)15/h2-7,11H,8H2,1H3,(H,14,15). The molecule has 0 fully saturated rings. The van der Waals surface area contributed by atoms with Crippen LogP contribution >= 0.6 is 0 Å². The second-order valence-electron chi connectivity index (χ2n) is 4.10. The van der Waals surface area contributed by atoms with Gasteiger partial charge in [-0.1, -0.05) is 29.8 Å². The molecule has 96 valence electrons. The van der Waals surface area contributed by atoms with Gasteiger partial charge in [-0.2, -0.15) is 4.31 Å². The Bertz CT molecular complexity index is 589. The molecule has 0 spiro atoms. The van der Waals surface area contributed by atoms with Gasteiger partial charge in [-0.3, -0.25) is 4.79 Å². The topological polar surface area (TPSA) is 74.7 Å². The Kier molecular flexibility index (Phi) is 3.23. The van der Waals surface area contributed by atoms with Crippen LogP contribution in [0, 0.1) is 6.92 Å². The van der Waals surface area contributed by atoms with E-state index in [2.05, 4.69) is 0 Å². The molecule has 5 nitrogen and oxygen atoms in total. The van der Waals surface area contributed by atoms with Crippen molar-refractivity contribution in [2.24, 2.45) is 0 Å². The van der Waals surface area contributed by atoms with Crippen molar-refractivity contribution in [3.63, 3.8) is 0 Å². The molecule has 1 heterocycles. The van der Waals surface area contributed by atoms with Crippen LogP contribution in [-0.4, -0.2) is 36.4 Å². The Morgan fingerprint density at radius 1 is 1.33 bits per heavy atom. The van der Waals surface area contributed by atoms with Gasteiger partial charge in [-0.15, -0.1) is 0 Å². The fourth-order valence-electron chi connectivity index (χ4n) is 1.80. The van der Waals surface area contributed by atoms with Crippen LogP contribution in [0.25, 0.3) is 0 Å². The number of aryl methyl sites for hydroxylation is 1. The van der Waals surface area contributed by atoms with Crippen LogP contribution in [0.5, 0.6) is 0 Å². The van der Waals surface area contributed by atoms with Crippen LogP contribution in [0.2, 0.25) is 0 Å². The third kappa shape index (κ3) is 2.16. The monoisotopic (exact) mass is 267 g/mol. The summed E-state index contributed by atoms with van der Waals surface area (Å²) in [5, 5.41) is 8.98. The zero-order valence-corrected chi connectivity index (χ0v) is 10.6. The first-order valence-corrected chi connectivity index (χ1v) is 6.85. The molecule has 1 N–H and O–H groups in total. The Morgan fingerprint density at radius 2 is 1.94 bits per heavy atom. The summed E-state index contributed by atoms with van der Waals surface area (Å²) in [5.74, 6) is -1.17. The average Bonchev–Trinajstić information content (AvgIpc) is 2.79. The zero-order chi connectivity index (χ0) is 13.3. The number of aliphatic carboxylic acids is 1. The number of benzene rings is 1. The molecule has 0 saturated carbocycles. The molecule has 1 aromatic carbocycles. The van der Waals surface area contributed by atoms with Crippen molar-refractivity contribution in [1.29, 1.82) is 0 Å². The van der Waals surface area contributed by atoms with Crippen molar-refractivity contribution in [2.75, 3.05) is 6.54 Å². The zero-order valence-electron chi connectivity index (χ0n) is 9.78. The highest BCUT2D eigenvalue weighted by Gasteiger charge is 2.36. The summed E-state index contributed by atoms with van der Waals surface area (Å²) in [7, 11) is -3.76. The molecule has 18 heavy (non-hydrogen) atoms. The summed E-state index contributed by atoms with van der Waals surface area (Å²) >= 11 is 0. The van der Waals surface area contributed by atoms with E-state index in [0.717, 1.165) is 9.87 Å². The number of carboxylic acids is 1. The predicted octanol–water partition coefficient (Wildman–Crippen LogP) is 1.01. The number of carbonyl (C=O) groups is 1. The molecular weight excluding hydrogens is 254 g/mol. The molecule has 0 radical (unpaired) electrons. The molecule has 1 aliphatic heterocycles. The molecule has 0 bridgehead atoms. The number of sulfonamides is 1. The van der Waals surface area contributed by atoms with Crippen LogP contribution in [0.15, 0.2) is 41.3 Å². The SMILES string of the molecule is Cc1ccc(S(=O)(=O)N2CC=CC2C(=O)O)cc1. The summed E-state index contributed by atoms with van der Waals surface area (Å²) in [6, 6.07) is 5.23. The molecule has 1 aliphatic rings. The lowest BCUT2D eigenvalue weighted by molar-refractivity contribution is -0.139. The van der Waals surface area contributed by atoms with Gasteiger partial charge in [0.25, 0.3) is 0 Å². The molecular formula is C12H13NO4S. The van der Waals surface area contributed by atoms with Gasteiger partial charge in [0.15, 0.2) is 0 Å². The van der Waals surface area contributed by atoms with E-state index in [1.165, 1.54) is 18.2 Å². The quantitative estimate of drug-likeness (QED) is 0.829. The Morgan fingerprint density at radius 3 is 2.50 bits per heavy atom. The minimum Gasteiger partial charge on any atom is -0.480 e. The van der Waals surface area contributed by atoms with Crippen molar-refractivity contribution in [1.82, 2.24) is 4.31 Å². The number of hydrogen-bond acceptors (Lipinski definition) is 3. The van der Waals surface area contributed by atoms with Crippen LogP contribution in [0.4, 0.5) is 0 Å². The fraction of sp³-hybridized carbons (Fsp3) is 0.250. The smallest absolute Gasteiger partial charge is 0.326 e. The van der Waals surface area contributed by atoms with E-state index in [1.54, 1.807) is 18.2 Å². The maximum Gasteiger partial charge on any atom is 0.326 e. The van der Waals surface area contributed by atoms with E-state index < -0.39 is 22.0 Å². The van der Waals surface area contributed by atoms with Crippen molar-refractivity contribution < 1.29 is 18.3 Å². The Hall–Kier alpha value is -1.66. The lowest BCUT2D eigenvalue weighted by Gasteiger charge is -2.20. The molecule has 0 saturated heterocycles. The number of hydrogen-bond donors (Lipinski definition) is 1. The summed E-state index contributed by atoms with van der Waals surface area (Å²) < 4.78 is 25.5. The molecule has 2 rings (SSSR count). The van der Waals surface area contributed by atoms with Gasteiger partial charge in [0.05, 0.1) is 4.90 Å². The van der Waals surface area contributed by atoms with Crippen LogP contribution in [-0.2, 0) is 14.8 Å². The van der Waals surface area contributed by atoms with Crippen molar-refractivity contribution in [2.45, 2.75) is 17.9 Å². The van der Waals surface area contributed by atoms with E-state index in [-0.39, 0.29) is 11.4 Å². The Balaban J connectivity index is 2.37. The molecule has 6 heteroatoms. The average molecular weight is 267 g/mol. The van der Waals surface area contributed by atoms with Gasteiger partial charge in [0, 0.05) is 6.54 Å². The van der Waals surface area contributed by atoms with E-state index in [9.17, 15) is 13.2 Å². The highest BCUT2D eigenvalue weighted by atomic mass is 32.2. The summed E-state index contributed by atoms with van der Waals surface area (Å²) in [6.45, 7) is 1.95. The molecule has 1 unspecified atom stereocenters. The maximum atomic E-state index is 12.3. The minimum absolute atomic E-state index is 0.0905. The van der Waals surface area contributed by atoms with Crippen LogP contribution < -0.4 is 0 Å². The van der Waals surface area contributed by atoms with E-state index in [4.69, 9.17) is 5.11 Å². The first kappa shape index (κ1) is 12.8.